The molecule has 15 heteroatoms. The monoisotopic (exact) mass is 2160 g/mol. The van der Waals surface area contributed by atoms with E-state index in [0.29, 0.717) is 0 Å². The number of pyridine rings is 2. The van der Waals surface area contributed by atoms with E-state index in [0.717, 1.165) is 78.4 Å². The van der Waals surface area contributed by atoms with Crippen LogP contribution in [0.4, 0.5) is 34.1 Å². The van der Waals surface area contributed by atoms with E-state index >= 15 is 0 Å². The fraction of sp³-hybridized carbons (Fsp3) is 0.113. The Balaban J connectivity index is 0.000000133. The molecule has 5 heterocycles. The quantitative estimate of drug-likeness (QED) is 0.0538. The summed E-state index contributed by atoms with van der Waals surface area (Å²) in [5, 5.41) is 16.8. The maximum atomic E-state index is 6.36. The normalized spacial score (nSPS) is 12.5. The third-order valence-corrected chi connectivity index (χ3v) is 35.6. The Kier molecular flexibility index (Phi) is 38.3. The molecule has 2 aromatic heterocycles. The molecule has 0 spiro atoms. The third kappa shape index (κ3) is 28.0. The van der Waals surface area contributed by atoms with Crippen LogP contribution in [0.3, 0.4) is 0 Å². The van der Waals surface area contributed by atoms with Crippen molar-refractivity contribution in [3.05, 3.63) is 562 Å². The van der Waals surface area contributed by atoms with Gasteiger partial charge in [0.1, 0.15) is 4.60 Å². The van der Waals surface area contributed by atoms with E-state index in [1.165, 1.54) is 74.8 Å². The zero-order chi connectivity index (χ0) is 101. The van der Waals surface area contributed by atoms with Crippen LogP contribution >= 0.6 is 47.6 Å². The zero-order valence-electron chi connectivity index (χ0n) is 84.4. The molecule has 3 aliphatic heterocycles. The molecule has 20 aromatic rings. The van der Waals surface area contributed by atoms with Crippen LogP contribution in [0, 0.1) is 0 Å². The second-order valence-corrected chi connectivity index (χ2v) is 47.8. The van der Waals surface area contributed by atoms with Crippen molar-refractivity contribution in [2.45, 2.75) is 98.7 Å². The number of hydrogen-bond donors (Lipinski definition) is 0. The van der Waals surface area contributed by atoms with Gasteiger partial charge in [0.25, 0.3) is 0 Å². The van der Waals surface area contributed by atoms with Gasteiger partial charge in [-0.1, -0.05) is 486 Å². The van der Waals surface area contributed by atoms with E-state index in [9.17, 15) is 0 Å². The summed E-state index contributed by atoms with van der Waals surface area (Å²) in [7, 11) is -2.21. The first-order chi connectivity index (χ1) is 71.2. The standard InChI is InChI=1S/C28H32BNO3.C27H24N2O.4C18H15P.C5H4BrN.CH4.Pd/c1-26(2,3)19-12-15-21(16-13-19)30-22-10-8-9-11-24(22)31-25-18-20(14-17-23(25)30)29-32-27(4,5)28(6,7)33-29;1-27(2,3)20-12-14-21(15-13-20)29-23-9-4-5-10-25(23)30-26-18-19(11-16-24(26)29)22-8-6-7-17-28-22;4*1-4-10-16(11-5-1)19(17-12-6-2-7-13-17)18-14-8-3-9-15-18;6-5-3-1-2-4-7-5;;/h8-18H,1-7H3;4-18H,1-3H3;4*1-15H;1-4H;1H4;. The molecule has 8 nitrogen and oxygen atoms in total. The van der Waals surface area contributed by atoms with Crippen molar-refractivity contribution in [1.82, 2.24) is 9.97 Å². The molecule has 0 atom stereocenters. The van der Waals surface area contributed by atoms with Gasteiger partial charge in [0.15, 0.2) is 23.0 Å². The topological polar surface area (TPSA) is 69.2 Å². The van der Waals surface area contributed by atoms with Crippen LogP contribution in [0.25, 0.3) is 11.3 Å². The van der Waals surface area contributed by atoms with E-state index in [1.54, 1.807) is 6.20 Å². The minimum atomic E-state index is -0.446. The summed E-state index contributed by atoms with van der Waals surface area (Å²) >= 11 is 3.20. The van der Waals surface area contributed by atoms with E-state index in [-0.39, 0.29) is 49.9 Å². The Morgan fingerprint density at radius 1 is 0.250 bits per heavy atom. The molecule has 0 radical (unpaired) electrons. The number of hydrogen-bond acceptors (Lipinski definition) is 8. The van der Waals surface area contributed by atoms with Crippen molar-refractivity contribution in [3.8, 4) is 34.3 Å². The smallest absolute Gasteiger partial charge is 0.453 e. The second-order valence-electron chi connectivity index (χ2n) is 38.1. The first-order valence-electron chi connectivity index (χ1n) is 49.4. The van der Waals surface area contributed by atoms with Crippen LogP contribution in [-0.4, -0.2) is 28.3 Å². The number of aromatic nitrogens is 2. The van der Waals surface area contributed by atoms with Gasteiger partial charge in [0, 0.05) is 49.8 Å². The largest absolute Gasteiger partial charge is 0.494 e. The van der Waals surface area contributed by atoms with Crippen LogP contribution in [0.1, 0.15) is 87.8 Å². The van der Waals surface area contributed by atoms with Crippen LogP contribution < -0.4 is 88.4 Å². The molecule has 3 aliphatic rings. The zero-order valence-corrected chi connectivity index (χ0v) is 91.2. The van der Waals surface area contributed by atoms with E-state index in [1.807, 2.05) is 85.1 Å². The molecular weight excluding hydrogens is 2040 g/mol. The molecule has 148 heavy (non-hydrogen) atoms. The molecule has 0 saturated carbocycles. The number of rotatable bonds is 16. The van der Waals surface area contributed by atoms with Crippen LogP contribution in [0.5, 0.6) is 23.0 Å². The predicted molar refractivity (Wildman–Crippen MR) is 638 cm³/mol. The summed E-state index contributed by atoms with van der Waals surface area (Å²) in [5.41, 5.74) is 11.3. The fourth-order valence-electron chi connectivity index (χ4n) is 17.2. The number of fused-ring (bicyclic) bond motifs is 4. The van der Waals surface area contributed by atoms with E-state index in [4.69, 9.17) is 18.8 Å². The maximum absolute atomic E-state index is 6.36. The van der Waals surface area contributed by atoms with Crippen LogP contribution in [0.15, 0.2) is 551 Å². The number of benzene rings is 18. The van der Waals surface area contributed by atoms with Gasteiger partial charge in [-0.25, -0.2) is 4.98 Å². The predicted octanol–water partition coefficient (Wildman–Crippen LogP) is 30.7. The van der Waals surface area contributed by atoms with Crippen LogP contribution in [-0.2, 0) is 40.6 Å². The summed E-state index contributed by atoms with van der Waals surface area (Å²) in [6.07, 6.45) is 3.55. The van der Waals surface area contributed by atoms with Gasteiger partial charge in [-0.15, -0.1) is 0 Å². The summed E-state index contributed by atoms with van der Waals surface area (Å²) < 4.78 is 26.1. The van der Waals surface area contributed by atoms with Crippen molar-refractivity contribution < 1.29 is 39.2 Å². The Morgan fingerprint density at radius 3 is 0.730 bits per heavy atom. The van der Waals surface area contributed by atoms with Crippen molar-refractivity contribution in [2.24, 2.45) is 0 Å². The SMILES string of the molecule is Brc1ccccn1.C.CC(C)(C)c1ccc(N2c3ccccc3Oc3cc(-c4ccccn4)ccc32)cc1.CC(C)(C)c1ccc(N2c3ccccc3Oc3cc(B4OC(C)(C)C(C)(C)O4)ccc32)cc1.[Pd].c1ccc(P(c2ccccc2)c2ccccc2)cc1.c1ccc(P(c2ccccc2)c2ccccc2)cc1.c1ccc(P(c2ccccc2)c2ccccc2)cc1.c1ccc(P(c2ccccc2)c2ccccc2)cc1. The average Bonchev–Trinajstić information content (AvgIpc) is 1.34. The number of nitrogens with zero attached hydrogens (tertiary/aromatic N) is 4. The van der Waals surface area contributed by atoms with Gasteiger partial charge in [-0.3, -0.25) is 4.98 Å². The molecule has 1 fully saturated rings. The summed E-state index contributed by atoms with van der Waals surface area (Å²) in [6.45, 7) is 21.7. The first-order valence-corrected chi connectivity index (χ1v) is 55.6. The second kappa shape index (κ2) is 52.3. The number of para-hydroxylation sites is 4. The summed E-state index contributed by atoms with van der Waals surface area (Å²) in [5.74, 6) is 3.30. The molecule has 0 unspecified atom stereocenters. The number of ether oxygens (including phenoxy) is 2. The Morgan fingerprint density at radius 2 is 0.486 bits per heavy atom. The molecule has 0 aliphatic carbocycles. The number of halogens is 1. The van der Waals surface area contributed by atoms with E-state index < -0.39 is 38.8 Å². The molecule has 0 bridgehead atoms. The van der Waals surface area contributed by atoms with Gasteiger partial charge < -0.3 is 28.6 Å². The summed E-state index contributed by atoms with van der Waals surface area (Å²) in [6, 6.07) is 187. The van der Waals surface area contributed by atoms with E-state index in [2.05, 4.69) is 560 Å². The average molecular weight is 2160 g/mol. The molecule has 0 N–H and O–H groups in total. The van der Waals surface area contributed by atoms with Gasteiger partial charge in [0.2, 0.25) is 0 Å². The minimum absolute atomic E-state index is 0. The first kappa shape index (κ1) is 109. The van der Waals surface area contributed by atoms with Crippen molar-refractivity contribution in [3.63, 3.8) is 0 Å². The van der Waals surface area contributed by atoms with Crippen molar-refractivity contribution >= 4 is 158 Å². The van der Waals surface area contributed by atoms with Crippen molar-refractivity contribution in [2.75, 3.05) is 9.80 Å². The molecule has 1 saturated heterocycles. The molecule has 0 amide bonds. The van der Waals surface area contributed by atoms with Crippen molar-refractivity contribution in [1.29, 1.82) is 0 Å². The van der Waals surface area contributed by atoms with Gasteiger partial charge in [-0.05, 0) is 263 Å². The third-order valence-electron chi connectivity index (χ3n) is 25.3. The van der Waals surface area contributed by atoms with Crippen LogP contribution in [0.2, 0.25) is 0 Å². The Hall–Kier alpha value is -13.7. The molecular formula is C133H124BBrN4O4P4Pd. The fourth-order valence-corrected chi connectivity index (χ4v) is 26.7. The Labute approximate surface area is 904 Å². The van der Waals surface area contributed by atoms with Gasteiger partial charge >= 0.3 is 7.12 Å². The molecule has 740 valence electrons. The number of anilines is 6. The molecule has 23 rings (SSSR count). The minimum Gasteiger partial charge on any atom is -0.453 e. The van der Waals surface area contributed by atoms with Gasteiger partial charge in [0.05, 0.1) is 39.6 Å². The Bertz CT molecular complexity index is 6570. The maximum Gasteiger partial charge on any atom is 0.494 e. The molecule has 18 aromatic carbocycles. The summed E-state index contributed by atoms with van der Waals surface area (Å²) in [4.78, 5) is 12.9. The van der Waals surface area contributed by atoms with Gasteiger partial charge in [-0.2, -0.15) is 0 Å².